The summed E-state index contributed by atoms with van der Waals surface area (Å²) in [5.41, 5.74) is 1.61. The van der Waals surface area contributed by atoms with Crippen molar-refractivity contribution in [3.63, 3.8) is 0 Å². The van der Waals surface area contributed by atoms with E-state index in [1.807, 2.05) is 24.3 Å². The second kappa shape index (κ2) is 8.27. The highest BCUT2D eigenvalue weighted by atomic mass is 19.1. The number of halogens is 2. The van der Waals surface area contributed by atoms with Crippen molar-refractivity contribution in [1.29, 1.82) is 0 Å². The predicted molar refractivity (Wildman–Crippen MR) is 98.9 cm³/mol. The van der Waals surface area contributed by atoms with Crippen molar-refractivity contribution in [1.82, 2.24) is 4.98 Å². The van der Waals surface area contributed by atoms with Crippen molar-refractivity contribution >= 4 is 17.3 Å². The van der Waals surface area contributed by atoms with Gasteiger partial charge in [-0.3, -0.25) is 9.78 Å². The number of carbonyl (C=O) groups is 1. The number of ether oxygens (including phenoxy) is 1. The maximum Gasteiger partial charge on any atom is 0.274 e. The van der Waals surface area contributed by atoms with Crippen LogP contribution < -0.4 is 15.4 Å². The molecule has 1 heterocycles. The zero-order valence-corrected chi connectivity index (χ0v) is 14.5. The summed E-state index contributed by atoms with van der Waals surface area (Å²) in [6.07, 6.45) is 1.47. The van der Waals surface area contributed by atoms with Gasteiger partial charge in [-0.2, -0.15) is 0 Å². The van der Waals surface area contributed by atoms with E-state index >= 15 is 0 Å². The Morgan fingerprint density at radius 3 is 2.70 bits per heavy atom. The summed E-state index contributed by atoms with van der Waals surface area (Å²) in [6, 6.07) is 13.8. The lowest BCUT2D eigenvalue weighted by molar-refractivity contribution is 0.102. The highest BCUT2D eigenvalue weighted by Crippen LogP contribution is 2.20. The van der Waals surface area contributed by atoms with Gasteiger partial charge in [0.25, 0.3) is 5.91 Å². The average molecular weight is 369 g/mol. The molecule has 0 aliphatic carbocycles. The Labute approximate surface area is 155 Å². The molecule has 3 aromatic rings. The van der Waals surface area contributed by atoms with Gasteiger partial charge in [0.05, 0.1) is 12.8 Å². The van der Waals surface area contributed by atoms with Crippen molar-refractivity contribution < 1.29 is 18.3 Å². The third-order valence-corrected chi connectivity index (χ3v) is 3.85. The summed E-state index contributed by atoms with van der Waals surface area (Å²) in [4.78, 5) is 16.3. The molecule has 138 valence electrons. The van der Waals surface area contributed by atoms with Crippen molar-refractivity contribution in [2.75, 3.05) is 17.7 Å². The lowest BCUT2D eigenvalue weighted by Crippen LogP contribution is -2.15. The van der Waals surface area contributed by atoms with Crippen LogP contribution in [0.1, 0.15) is 16.1 Å². The summed E-state index contributed by atoms with van der Waals surface area (Å²) in [6.45, 7) is 0.488. The Kier molecular flexibility index (Phi) is 5.61. The minimum atomic E-state index is -0.853. The molecule has 27 heavy (non-hydrogen) atoms. The minimum Gasteiger partial charge on any atom is -0.496 e. The van der Waals surface area contributed by atoms with Crippen LogP contribution in [0, 0.1) is 11.6 Å². The second-order valence-electron chi connectivity index (χ2n) is 5.67. The lowest BCUT2D eigenvalue weighted by atomic mass is 10.2. The standard InChI is InChI=1S/C20H17F2N3O2/c1-27-19-5-3-2-4-13(19)12-24-15-8-9-23-18(11-15)20(26)25-17-7-6-14(21)10-16(17)22/h2-11H,12H2,1H3,(H,23,24)(H,25,26). The van der Waals surface area contributed by atoms with Gasteiger partial charge >= 0.3 is 0 Å². The van der Waals surface area contributed by atoms with E-state index in [1.165, 1.54) is 6.20 Å². The Balaban J connectivity index is 1.70. The van der Waals surface area contributed by atoms with Crippen LogP contribution in [0.3, 0.4) is 0 Å². The quantitative estimate of drug-likeness (QED) is 0.682. The highest BCUT2D eigenvalue weighted by molar-refractivity contribution is 6.03. The SMILES string of the molecule is COc1ccccc1CNc1ccnc(C(=O)Nc2ccc(F)cc2F)c1. The number of carbonyl (C=O) groups excluding carboxylic acids is 1. The van der Waals surface area contributed by atoms with Crippen molar-refractivity contribution in [3.05, 3.63) is 83.7 Å². The van der Waals surface area contributed by atoms with Gasteiger partial charge in [-0.25, -0.2) is 8.78 Å². The first-order chi connectivity index (χ1) is 13.1. The monoisotopic (exact) mass is 369 g/mol. The van der Waals surface area contributed by atoms with Crippen LogP contribution in [0.5, 0.6) is 5.75 Å². The number of amides is 1. The molecule has 0 aliphatic heterocycles. The van der Waals surface area contributed by atoms with Gasteiger partial charge in [0.2, 0.25) is 0 Å². The van der Waals surface area contributed by atoms with Crippen LogP contribution in [0.2, 0.25) is 0 Å². The third kappa shape index (κ3) is 4.58. The largest absolute Gasteiger partial charge is 0.496 e. The lowest BCUT2D eigenvalue weighted by Gasteiger charge is -2.11. The molecule has 0 saturated heterocycles. The number of aromatic nitrogens is 1. The third-order valence-electron chi connectivity index (χ3n) is 3.85. The van der Waals surface area contributed by atoms with E-state index < -0.39 is 17.5 Å². The molecule has 0 fully saturated rings. The van der Waals surface area contributed by atoms with E-state index in [0.29, 0.717) is 18.3 Å². The number of anilines is 2. The molecule has 2 aromatic carbocycles. The van der Waals surface area contributed by atoms with Crippen LogP contribution in [0.25, 0.3) is 0 Å². The predicted octanol–water partition coefficient (Wildman–Crippen LogP) is 4.23. The summed E-state index contributed by atoms with van der Waals surface area (Å²) in [7, 11) is 1.60. The number of hydrogen-bond donors (Lipinski definition) is 2. The highest BCUT2D eigenvalue weighted by Gasteiger charge is 2.12. The number of hydrogen-bond acceptors (Lipinski definition) is 4. The van der Waals surface area contributed by atoms with Crippen molar-refractivity contribution in [2.24, 2.45) is 0 Å². The molecule has 0 atom stereocenters. The van der Waals surface area contributed by atoms with E-state index in [1.54, 1.807) is 19.2 Å². The molecule has 0 unspecified atom stereocenters. The van der Waals surface area contributed by atoms with Gasteiger partial charge in [0.1, 0.15) is 23.1 Å². The molecule has 0 spiro atoms. The summed E-state index contributed by atoms with van der Waals surface area (Å²) >= 11 is 0. The molecule has 3 rings (SSSR count). The van der Waals surface area contributed by atoms with E-state index in [-0.39, 0.29) is 11.4 Å². The van der Waals surface area contributed by atoms with Crippen LogP contribution in [-0.2, 0) is 6.54 Å². The number of rotatable bonds is 6. The maximum absolute atomic E-state index is 13.7. The van der Waals surface area contributed by atoms with E-state index in [0.717, 1.165) is 23.4 Å². The molecular weight excluding hydrogens is 352 g/mol. The van der Waals surface area contributed by atoms with Gasteiger partial charge in [0.15, 0.2) is 0 Å². The Hall–Kier alpha value is -3.48. The average Bonchev–Trinajstić information content (AvgIpc) is 2.69. The number of benzene rings is 2. The first-order valence-corrected chi connectivity index (χ1v) is 8.15. The van der Waals surface area contributed by atoms with Crippen LogP contribution in [0.4, 0.5) is 20.2 Å². The molecule has 7 heteroatoms. The Bertz CT molecular complexity index is 963. The Morgan fingerprint density at radius 2 is 1.93 bits per heavy atom. The molecule has 1 aromatic heterocycles. The van der Waals surface area contributed by atoms with Crippen molar-refractivity contribution in [2.45, 2.75) is 6.54 Å². The zero-order valence-electron chi connectivity index (χ0n) is 14.5. The normalized spacial score (nSPS) is 10.3. The molecule has 2 N–H and O–H groups in total. The molecule has 5 nitrogen and oxygen atoms in total. The zero-order chi connectivity index (χ0) is 19.2. The summed E-state index contributed by atoms with van der Waals surface area (Å²) in [5.74, 6) is -1.41. The topological polar surface area (TPSA) is 63.2 Å². The number of para-hydroxylation sites is 1. The second-order valence-corrected chi connectivity index (χ2v) is 5.67. The molecular formula is C20H17F2N3O2. The fourth-order valence-corrected chi connectivity index (χ4v) is 2.49. The van der Waals surface area contributed by atoms with E-state index in [9.17, 15) is 13.6 Å². The van der Waals surface area contributed by atoms with Crippen molar-refractivity contribution in [3.8, 4) is 5.75 Å². The fraction of sp³-hybridized carbons (Fsp3) is 0.100. The minimum absolute atomic E-state index is 0.101. The van der Waals surface area contributed by atoms with Gasteiger partial charge in [-0.15, -0.1) is 0 Å². The first-order valence-electron chi connectivity index (χ1n) is 8.15. The maximum atomic E-state index is 13.7. The fourth-order valence-electron chi connectivity index (χ4n) is 2.49. The van der Waals surface area contributed by atoms with Crippen LogP contribution in [-0.4, -0.2) is 18.0 Å². The van der Waals surface area contributed by atoms with E-state index in [4.69, 9.17) is 4.74 Å². The van der Waals surface area contributed by atoms with E-state index in [2.05, 4.69) is 15.6 Å². The molecule has 0 saturated carbocycles. The molecule has 0 aliphatic rings. The van der Waals surface area contributed by atoms with Gasteiger partial charge < -0.3 is 15.4 Å². The number of nitrogens with zero attached hydrogens (tertiary/aromatic N) is 1. The molecule has 1 amide bonds. The molecule has 0 bridgehead atoms. The summed E-state index contributed by atoms with van der Waals surface area (Å²) < 4.78 is 31.9. The van der Waals surface area contributed by atoms with Gasteiger partial charge in [0, 0.05) is 30.1 Å². The smallest absolute Gasteiger partial charge is 0.274 e. The first kappa shape index (κ1) is 18.3. The van der Waals surface area contributed by atoms with Gasteiger partial charge in [-0.05, 0) is 30.3 Å². The van der Waals surface area contributed by atoms with Crippen LogP contribution in [0.15, 0.2) is 60.8 Å². The number of pyridine rings is 1. The number of nitrogens with one attached hydrogen (secondary N) is 2. The molecule has 0 radical (unpaired) electrons. The van der Waals surface area contributed by atoms with Gasteiger partial charge in [-0.1, -0.05) is 18.2 Å². The summed E-state index contributed by atoms with van der Waals surface area (Å²) in [5, 5.41) is 5.57. The van der Waals surface area contributed by atoms with Crippen LogP contribution >= 0.6 is 0 Å². The Morgan fingerprint density at radius 1 is 1.11 bits per heavy atom. The number of methoxy groups -OCH3 is 1.